The van der Waals surface area contributed by atoms with Gasteiger partial charge in [-0.25, -0.2) is 17.9 Å². The Balaban J connectivity index is 2.11. The highest BCUT2D eigenvalue weighted by atomic mass is 35.5. The van der Waals surface area contributed by atoms with Crippen LogP contribution in [0.2, 0.25) is 5.02 Å². The van der Waals surface area contributed by atoms with Crippen molar-refractivity contribution in [2.24, 2.45) is 5.14 Å². The summed E-state index contributed by atoms with van der Waals surface area (Å²) in [5.74, 6) is -0.505. The van der Waals surface area contributed by atoms with Gasteiger partial charge >= 0.3 is 0 Å². The Hall–Kier alpha value is -1.74. The van der Waals surface area contributed by atoms with Gasteiger partial charge in [0.05, 0.1) is 16.0 Å². The van der Waals surface area contributed by atoms with Crippen LogP contribution in [0.25, 0.3) is 0 Å². The van der Waals surface area contributed by atoms with Crippen molar-refractivity contribution in [1.29, 1.82) is 0 Å². The van der Waals surface area contributed by atoms with Crippen molar-refractivity contribution in [3.63, 3.8) is 0 Å². The van der Waals surface area contributed by atoms with E-state index in [4.69, 9.17) is 29.0 Å². The highest BCUT2D eigenvalue weighted by Gasteiger charge is 2.16. The molecule has 0 saturated heterocycles. The van der Waals surface area contributed by atoms with Crippen molar-refractivity contribution in [2.45, 2.75) is 17.9 Å². The third-order valence-electron chi connectivity index (χ3n) is 3.76. The number of rotatable bonds is 4. The number of hydrogen-bond acceptors (Lipinski definition) is 3. The maximum absolute atomic E-state index is 13.2. The second-order valence-corrected chi connectivity index (χ2v) is 7.82. The van der Waals surface area contributed by atoms with E-state index in [1.807, 2.05) is 6.92 Å². The minimum absolute atomic E-state index is 0.00193. The lowest BCUT2D eigenvalue weighted by Gasteiger charge is -2.28. The summed E-state index contributed by atoms with van der Waals surface area (Å²) in [5.41, 5.74) is 1.43. The van der Waals surface area contributed by atoms with Crippen LogP contribution in [0.1, 0.15) is 18.5 Å². The molecule has 2 rings (SSSR count). The van der Waals surface area contributed by atoms with Crippen molar-refractivity contribution in [3.8, 4) is 0 Å². The molecule has 9 heteroatoms. The van der Waals surface area contributed by atoms with Crippen molar-refractivity contribution >= 4 is 44.6 Å². The number of benzene rings is 2. The Labute approximate surface area is 156 Å². The van der Waals surface area contributed by atoms with Gasteiger partial charge in [0.25, 0.3) is 0 Å². The normalized spacial score (nSPS) is 12.5. The quantitative estimate of drug-likeness (QED) is 0.766. The standard InChI is InChI=1S/C16H17ClFN3O2S2/c1-10(11-3-6-13(7-4-11)25(19,22)23)21(2)16(24)20-12-5-8-15(18)14(17)9-12/h3-10H,1-2H3,(H,20,24)(H2,19,22,23)/t10-/m1/s1. The van der Waals surface area contributed by atoms with Crippen molar-refractivity contribution < 1.29 is 12.8 Å². The van der Waals surface area contributed by atoms with Crippen LogP contribution >= 0.6 is 23.8 Å². The summed E-state index contributed by atoms with van der Waals surface area (Å²) < 4.78 is 35.8. The molecule has 0 aliphatic carbocycles. The summed E-state index contributed by atoms with van der Waals surface area (Å²) in [6.07, 6.45) is 0. The van der Waals surface area contributed by atoms with E-state index in [1.165, 1.54) is 30.3 Å². The van der Waals surface area contributed by atoms with E-state index >= 15 is 0 Å². The minimum Gasteiger partial charge on any atom is -0.345 e. The molecular weight excluding hydrogens is 385 g/mol. The van der Waals surface area contributed by atoms with Crippen LogP contribution in [0.3, 0.4) is 0 Å². The van der Waals surface area contributed by atoms with E-state index in [2.05, 4.69) is 5.32 Å². The number of halogens is 2. The molecule has 3 N–H and O–H groups in total. The van der Waals surface area contributed by atoms with Gasteiger partial charge in [-0.15, -0.1) is 0 Å². The second kappa shape index (κ2) is 7.65. The van der Waals surface area contributed by atoms with Crippen LogP contribution in [-0.2, 0) is 10.0 Å². The molecule has 2 aromatic carbocycles. The van der Waals surface area contributed by atoms with Gasteiger partial charge in [-0.3, -0.25) is 0 Å². The first kappa shape index (κ1) is 19.6. The Morgan fingerprint density at radius 1 is 1.28 bits per heavy atom. The van der Waals surface area contributed by atoms with E-state index in [9.17, 15) is 12.8 Å². The third kappa shape index (κ3) is 4.88. The molecular formula is C16H17ClFN3O2S2. The largest absolute Gasteiger partial charge is 0.345 e. The average molecular weight is 402 g/mol. The number of hydrogen-bond donors (Lipinski definition) is 2. The molecule has 0 aliphatic rings. The number of nitrogens with two attached hydrogens (primary N) is 1. The van der Waals surface area contributed by atoms with E-state index < -0.39 is 15.8 Å². The van der Waals surface area contributed by atoms with Gasteiger partial charge in [-0.1, -0.05) is 23.7 Å². The smallest absolute Gasteiger partial charge is 0.238 e. The molecule has 0 fully saturated rings. The predicted octanol–water partition coefficient (Wildman–Crippen LogP) is 3.52. The molecule has 0 saturated carbocycles. The summed E-state index contributed by atoms with van der Waals surface area (Å²) in [4.78, 5) is 1.84. The summed E-state index contributed by atoms with van der Waals surface area (Å²) in [5, 5.41) is 8.49. The van der Waals surface area contributed by atoms with Gasteiger partial charge in [0.15, 0.2) is 5.11 Å². The van der Waals surface area contributed by atoms with E-state index in [0.29, 0.717) is 10.8 Å². The summed E-state index contributed by atoms with van der Waals surface area (Å²) in [6.45, 7) is 1.91. The lowest BCUT2D eigenvalue weighted by Crippen LogP contribution is -2.33. The molecule has 0 bridgehead atoms. The topological polar surface area (TPSA) is 75.4 Å². The number of primary sulfonamides is 1. The van der Waals surface area contributed by atoms with E-state index in [0.717, 1.165) is 5.56 Å². The van der Waals surface area contributed by atoms with Gasteiger partial charge < -0.3 is 10.2 Å². The first-order chi connectivity index (χ1) is 11.6. The molecule has 2 aromatic rings. The monoisotopic (exact) mass is 401 g/mol. The maximum Gasteiger partial charge on any atom is 0.238 e. The van der Waals surface area contributed by atoms with Gasteiger partial charge in [-0.2, -0.15) is 0 Å². The van der Waals surface area contributed by atoms with Crippen LogP contribution in [0.4, 0.5) is 10.1 Å². The molecule has 0 radical (unpaired) electrons. The molecule has 134 valence electrons. The lowest BCUT2D eigenvalue weighted by atomic mass is 10.1. The van der Waals surface area contributed by atoms with Crippen LogP contribution in [0.5, 0.6) is 0 Å². The summed E-state index contributed by atoms with van der Waals surface area (Å²) in [6, 6.07) is 10.4. The molecule has 1 atom stereocenters. The number of thiocarbonyl (C=S) groups is 1. The predicted molar refractivity (Wildman–Crippen MR) is 102 cm³/mol. The number of sulfonamides is 1. The van der Waals surface area contributed by atoms with Crippen molar-refractivity contribution in [2.75, 3.05) is 12.4 Å². The highest BCUT2D eigenvalue weighted by Crippen LogP contribution is 2.23. The fourth-order valence-electron chi connectivity index (χ4n) is 2.12. The van der Waals surface area contributed by atoms with Crippen molar-refractivity contribution in [1.82, 2.24) is 4.90 Å². The third-order valence-corrected chi connectivity index (χ3v) is 5.37. The van der Waals surface area contributed by atoms with E-state index in [-0.39, 0.29) is 16.0 Å². The minimum atomic E-state index is -3.73. The Bertz CT molecular complexity index is 889. The summed E-state index contributed by atoms with van der Waals surface area (Å²) in [7, 11) is -1.93. The lowest BCUT2D eigenvalue weighted by molar-refractivity contribution is 0.408. The molecule has 0 heterocycles. The molecule has 0 aliphatic heterocycles. The van der Waals surface area contributed by atoms with Gasteiger partial charge in [0.1, 0.15) is 5.82 Å². The SMILES string of the molecule is C[C@H](c1ccc(S(N)(=O)=O)cc1)N(C)C(=S)Nc1ccc(F)c(Cl)c1. The Morgan fingerprint density at radius 3 is 2.40 bits per heavy atom. The van der Waals surface area contributed by atoms with E-state index in [1.54, 1.807) is 24.1 Å². The highest BCUT2D eigenvalue weighted by molar-refractivity contribution is 7.89. The zero-order valence-corrected chi connectivity index (χ0v) is 15.9. The van der Waals surface area contributed by atoms with Crippen LogP contribution < -0.4 is 10.5 Å². The number of nitrogens with zero attached hydrogens (tertiary/aromatic N) is 1. The van der Waals surface area contributed by atoms with Crippen LogP contribution in [0.15, 0.2) is 47.4 Å². The zero-order chi connectivity index (χ0) is 18.8. The molecule has 0 amide bonds. The zero-order valence-electron chi connectivity index (χ0n) is 13.5. The first-order valence-corrected chi connectivity index (χ1v) is 9.54. The van der Waals surface area contributed by atoms with Gasteiger partial charge in [0, 0.05) is 12.7 Å². The molecule has 0 spiro atoms. The molecule has 25 heavy (non-hydrogen) atoms. The number of nitrogens with one attached hydrogen (secondary N) is 1. The maximum atomic E-state index is 13.2. The Morgan fingerprint density at radius 2 is 1.88 bits per heavy atom. The average Bonchev–Trinajstić information content (AvgIpc) is 2.56. The first-order valence-electron chi connectivity index (χ1n) is 7.21. The van der Waals surface area contributed by atoms with Gasteiger partial charge in [-0.05, 0) is 55.0 Å². The van der Waals surface area contributed by atoms with Crippen LogP contribution in [0, 0.1) is 5.82 Å². The molecule has 0 aromatic heterocycles. The molecule has 0 unspecified atom stereocenters. The van der Waals surface area contributed by atoms with Gasteiger partial charge in [0.2, 0.25) is 10.0 Å². The second-order valence-electron chi connectivity index (χ2n) is 5.46. The van der Waals surface area contributed by atoms with Crippen LogP contribution in [-0.4, -0.2) is 25.5 Å². The Kier molecular flexibility index (Phi) is 5.99. The number of anilines is 1. The fraction of sp³-hybridized carbons (Fsp3) is 0.188. The molecule has 5 nitrogen and oxygen atoms in total. The summed E-state index contributed by atoms with van der Waals surface area (Å²) >= 11 is 11.1. The van der Waals surface area contributed by atoms with Crippen molar-refractivity contribution in [3.05, 3.63) is 58.9 Å². The fourth-order valence-corrected chi connectivity index (χ4v) is 3.09.